The summed E-state index contributed by atoms with van der Waals surface area (Å²) < 4.78 is 2.11. The second-order valence-electron chi connectivity index (χ2n) is 5.29. The van der Waals surface area contributed by atoms with Gasteiger partial charge < -0.3 is 0 Å². The third-order valence-corrected chi connectivity index (χ3v) is 4.79. The van der Waals surface area contributed by atoms with E-state index in [9.17, 15) is 0 Å². The molecular formula is C16H14N6S. The first-order chi connectivity index (χ1) is 11.2. The molecule has 0 aliphatic carbocycles. The molecule has 1 N–H and O–H groups in total. The summed E-state index contributed by atoms with van der Waals surface area (Å²) in [6.45, 7) is 4.19. The van der Waals surface area contributed by atoms with E-state index in [4.69, 9.17) is 0 Å². The maximum atomic E-state index is 4.55. The van der Waals surface area contributed by atoms with Gasteiger partial charge in [0.1, 0.15) is 0 Å². The van der Waals surface area contributed by atoms with Crippen molar-refractivity contribution in [2.24, 2.45) is 0 Å². The van der Waals surface area contributed by atoms with E-state index in [0.29, 0.717) is 5.82 Å². The van der Waals surface area contributed by atoms with E-state index in [1.165, 1.54) is 10.4 Å². The molecule has 0 spiro atoms. The topological polar surface area (TPSA) is 72.3 Å². The number of nitrogens with one attached hydrogen (secondary N) is 1. The highest BCUT2D eigenvalue weighted by Crippen LogP contribution is 2.31. The Hall–Kier alpha value is -2.80. The SMILES string of the molecule is Cc1ccc(-c2nn[nH]n2)cc1-n1ccnc1-c1sccc1C. The molecule has 0 aliphatic heterocycles. The molecule has 114 valence electrons. The van der Waals surface area contributed by atoms with Gasteiger partial charge in [-0.25, -0.2) is 4.98 Å². The van der Waals surface area contributed by atoms with Crippen LogP contribution in [0.3, 0.4) is 0 Å². The maximum absolute atomic E-state index is 4.55. The van der Waals surface area contributed by atoms with Gasteiger partial charge in [-0.05, 0) is 47.7 Å². The Balaban J connectivity index is 1.88. The minimum Gasteiger partial charge on any atom is -0.299 e. The van der Waals surface area contributed by atoms with E-state index >= 15 is 0 Å². The first kappa shape index (κ1) is 13.8. The molecule has 7 heteroatoms. The molecule has 0 amide bonds. The summed E-state index contributed by atoms with van der Waals surface area (Å²) in [4.78, 5) is 5.73. The fraction of sp³-hybridized carbons (Fsp3) is 0.125. The second kappa shape index (κ2) is 5.44. The third-order valence-electron chi connectivity index (χ3n) is 3.78. The summed E-state index contributed by atoms with van der Waals surface area (Å²) in [5.74, 6) is 1.53. The van der Waals surface area contributed by atoms with Crippen molar-refractivity contribution in [3.8, 4) is 27.8 Å². The van der Waals surface area contributed by atoms with Crippen molar-refractivity contribution in [1.82, 2.24) is 30.2 Å². The highest BCUT2D eigenvalue weighted by molar-refractivity contribution is 7.13. The predicted octanol–water partition coefficient (Wildman–Crippen LogP) is 3.40. The lowest BCUT2D eigenvalue weighted by Gasteiger charge is -2.11. The van der Waals surface area contributed by atoms with Gasteiger partial charge in [-0.2, -0.15) is 5.21 Å². The molecule has 0 fully saturated rings. The molecule has 0 atom stereocenters. The summed E-state index contributed by atoms with van der Waals surface area (Å²) >= 11 is 1.70. The van der Waals surface area contributed by atoms with Gasteiger partial charge in [0.25, 0.3) is 0 Å². The molecular weight excluding hydrogens is 308 g/mol. The van der Waals surface area contributed by atoms with Crippen LogP contribution < -0.4 is 0 Å². The zero-order valence-corrected chi connectivity index (χ0v) is 13.5. The molecule has 4 rings (SSSR count). The van der Waals surface area contributed by atoms with Crippen molar-refractivity contribution in [1.29, 1.82) is 0 Å². The number of nitrogens with zero attached hydrogens (tertiary/aromatic N) is 5. The van der Waals surface area contributed by atoms with Crippen LogP contribution in [0.2, 0.25) is 0 Å². The minimum atomic E-state index is 0.584. The van der Waals surface area contributed by atoms with E-state index in [0.717, 1.165) is 22.6 Å². The second-order valence-corrected chi connectivity index (χ2v) is 6.21. The monoisotopic (exact) mass is 322 g/mol. The lowest BCUT2D eigenvalue weighted by Crippen LogP contribution is -1.99. The molecule has 23 heavy (non-hydrogen) atoms. The molecule has 0 unspecified atom stereocenters. The third kappa shape index (κ3) is 2.35. The van der Waals surface area contributed by atoms with Crippen LogP contribution in [0, 0.1) is 13.8 Å². The van der Waals surface area contributed by atoms with E-state index in [-0.39, 0.29) is 0 Å². The lowest BCUT2D eigenvalue weighted by atomic mass is 10.1. The number of hydrogen-bond donors (Lipinski definition) is 1. The molecule has 0 saturated heterocycles. The zero-order chi connectivity index (χ0) is 15.8. The molecule has 0 bridgehead atoms. The van der Waals surface area contributed by atoms with Gasteiger partial charge in [0.2, 0.25) is 5.82 Å². The van der Waals surface area contributed by atoms with Crippen LogP contribution in [0.1, 0.15) is 11.1 Å². The Morgan fingerprint density at radius 1 is 1.13 bits per heavy atom. The summed E-state index contributed by atoms with van der Waals surface area (Å²) in [6.07, 6.45) is 3.81. The van der Waals surface area contributed by atoms with Gasteiger partial charge in [0, 0.05) is 18.0 Å². The number of thiophene rings is 1. The molecule has 0 radical (unpaired) electrons. The Morgan fingerprint density at radius 3 is 2.78 bits per heavy atom. The number of tetrazole rings is 1. The first-order valence-corrected chi connectivity index (χ1v) is 8.04. The summed E-state index contributed by atoms with van der Waals surface area (Å²) in [5, 5.41) is 16.3. The van der Waals surface area contributed by atoms with Crippen LogP contribution in [-0.2, 0) is 0 Å². The summed E-state index contributed by atoms with van der Waals surface area (Å²) in [5.41, 5.74) is 4.37. The van der Waals surface area contributed by atoms with Crippen LogP contribution in [0.25, 0.3) is 27.8 Å². The number of aromatic nitrogens is 6. The molecule has 0 aliphatic rings. The molecule has 1 aromatic carbocycles. The highest BCUT2D eigenvalue weighted by Gasteiger charge is 2.14. The van der Waals surface area contributed by atoms with E-state index in [1.54, 1.807) is 11.3 Å². The Morgan fingerprint density at radius 2 is 2.04 bits per heavy atom. The number of imidazole rings is 1. The van der Waals surface area contributed by atoms with Crippen molar-refractivity contribution in [2.45, 2.75) is 13.8 Å². The fourth-order valence-electron chi connectivity index (χ4n) is 2.56. The number of H-pyrrole nitrogens is 1. The van der Waals surface area contributed by atoms with Gasteiger partial charge in [0.05, 0.1) is 10.6 Å². The average molecular weight is 322 g/mol. The molecule has 6 nitrogen and oxygen atoms in total. The maximum Gasteiger partial charge on any atom is 0.204 e. The smallest absolute Gasteiger partial charge is 0.204 e. The average Bonchev–Trinajstić information content (AvgIpc) is 3.28. The van der Waals surface area contributed by atoms with Crippen LogP contribution in [0.4, 0.5) is 0 Å². The number of aryl methyl sites for hydroxylation is 2. The van der Waals surface area contributed by atoms with Gasteiger partial charge >= 0.3 is 0 Å². The van der Waals surface area contributed by atoms with Crippen molar-refractivity contribution in [3.05, 3.63) is 53.2 Å². The molecule has 4 aromatic rings. The van der Waals surface area contributed by atoms with E-state index in [1.807, 2.05) is 18.5 Å². The Kier molecular flexibility index (Phi) is 3.27. The molecule has 3 heterocycles. The van der Waals surface area contributed by atoms with Gasteiger partial charge in [-0.3, -0.25) is 4.57 Å². The number of aromatic amines is 1. The lowest BCUT2D eigenvalue weighted by molar-refractivity contribution is 0.881. The standard InChI is InChI=1S/C16H14N6S/c1-10-3-4-12(15-18-20-21-19-15)9-13(10)22-7-6-17-16(22)14-11(2)5-8-23-14/h3-9H,1-2H3,(H,18,19,20,21). The van der Waals surface area contributed by atoms with Crippen molar-refractivity contribution >= 4 is 11.3 Å². The quantitative estimate of drug-likeness (QED) is 0.627. The van der Waals surface area contributed by atoms with Gasteiger partial charge in [-0.1, -0.05) is 12.1 Å². The van der Waals surface area contributed by atoms with E-state index in [2.05, 4.69) is 67.6 Å². The number of benzene rings is 1. The highest BCUT2D eigenvalue weighted by atomic mass is 32.1. The normalized spacial score (nSPS) is 11.0. The Labute approximate surface area is 136 Å². The first-order valence-electron chi connectivity index (χ1n) is 7.16. The number of rotatable bonds is 3. The van der Waals surface area contributed by atoms with Crippen LogP contribution in [0.5, 0.6) is 0 Å². The summed E-state index contributed by atoms with van der Waals surface area (Å²) in [7, 11) is 0. The summed E-state index contributed by atoms with van der Waals surface area (Å²) in [6, 6.07) is 8.23. The van der Waals surface area contributed by atoms with Crippen LogP contribution >= 0.6 is 11.3 Å². The van der Waals surface area contributed by atoms with Gasteiger partial charge in [0.15, 0.2) is 5.82 Å². The van der Waals surface area contributed by atoms with Crippen molar-refractivity contribution < 1.29 is 0 Å². The van der Waals surface area contributed by atoms with Crippen LogP contribution in [0.15, 0.2) is 42.0 Å². The minimum absolute atomic E-state index is 0.584. The van der Waals surface area contributed by atoms with E-state index < -0.39 is 0 Å². The molecule has 0 saturated carbocycles. The van der Waals surface area contributed by atoms with Crippen molar-refractivity contribution in [2.75, 3.05) is 0 Å². The number of hydrogen-bond acceptors (Lipinski definition) is 5. The zero-order valence-electron chi connectivity index (χ0n) is 12.7. The molecule has 3 aromatic heterocycles. The Bertz CT molecular complexity index is 951. The largest absolute Gasteiger partial charge is 0.299 e. The predicted molar refractivity (Wildman–Crippen MR) is 89.5 cm³/mol. The van der Waals surface area contributed by atoms with Crippen LogP contribution in [-0.4, -0.2) is 30.2 Å². The van der Waals surface area contributed by atoms with Gasteiger partial charge in [-0.15, -0.1) is 21.5 Å². The fourth-order valence-corrected chi connectivity index (χ4v) is 3.48. The van der Waals surface area contributed by atoms with Crippen molar-refractivity contribution in [3.63, 3.8) is 0 Å².